The maximum Gasteiger partial charge on any atom is 0.134 e. The highest BCUT2D eigenvalue weighted by molar-refractivity contribution is 5.66. The van der Waals surface area contributed by atoms with E-state index in [0.29, 0.717) is 29.3 Å². The van der Waals surface area contributed by atoms with Gasteiger partial charge in [0.05, 0.1) is 13.2 Å². The predicted octanol–water partition coefficient (Wildman–Crippen LogP) is 6.73. The molecule has 0 amide bonds. The summed E-state index contributed by atoms with van der Waals surface area (Å²) in [6.45, 7) is 2.87. The van der Waals surface area contributed by atoms with Gasteiger partial charge in [-0.15, -0.1) is 0 Å². The molecule has 0 bridgehead atoms. The van der Waals surface area contributed by atoms with Crippen molar-refractivity contribution in [1.82, 2.24) is 0 Å². The molecule has 4 rings (SSSR count). The van der Waals surface area contributed by atoms with E-state index in [1.165, 1.54) is 32.4 Å². The molecule has 0 saturated heterocycles. The van der Waals surface area contributed by atoms with Crippen LogP contribution in [0.1, 0.15) is 56.9 Å². The Morgan fingerprint density at radius 1 is 0.862 bits per heavy atom. The third-order valence-electron chi connectivity index (χ3n) is 6.90. The summed E-state index contributed by atoms with van der Waals surface area (Å²) >= 11 is 0. The van der Waals surface area contributed by atoms with Gasteiger partial charge in [0.1, 0.15) is 17.4 Å². The van der Waals surface area contributed by atoms with Gasteiger partial charge in [-0.2, -0.15) is 0 Å². The highest BCUT2D eigenvalue weighted by Crippen LogP contribution is 2.47. The Bertz CT molecular complexity index is 851. The van der Waals surface area contributed by atoms with Crippen molar-refractivity contribution in [1.29, 1.82) is 0 Å². The second-order valence-corrected chi connectivity index (χ2v) is 8.51. The minimum absolute atomic E-state index is 0.271. The van der Waals surface area contributed by atoms with Crippen LogP contribution in [0.2, 0.25) is 0 Å². The fraction of sp³-hybridized carbons (Fsp3) is 0.520. The van der Waals surface area contributed by atoms with Crippen LogP contribution in [0, 0.1) is 23.5 Å². The zero-order valence-corrected chi connectivity index (χ0v) is 17.3. The second-order valence-electron chi connectivity index (χ2n) is 8.51. The largest absolute Gasteiger partial charge is 0.497 e. The summed E-state index contributed by atoms with van der Waals surface area (Å²) in [5.41, 5.74) is 1.62. The lowest BCUT2D eigenvalue weighted by Crippen LogP contribution is -2.33. The Hall–Kier alpha value is -1.94. The van der Waals surface area contributed by atoms with Crippen molar-refractivity contribution in [3.8, 4) is 16.9 Å². The Kier molecular flexibility index (Phi) is 6.19. The van der Waals surface area contributed by atoms with Gasteiger partial charge in [-0.3, -0.25) is 0 Å². The molecule has 156 valence electrons. The van der Waals surface area contributed by atoms with Gasteiger partial charge in [-0.25, -0.2) is 8.78 Å². The number of ether oxygens (including phenoxy) is 2. The summed E-state index contributed by atoms with van der Waals surface area (Å²) in [7, 11) is 1.49. The Morgan fingerprint density at radius 2 is 1.55 bits per heavy atom. The van der Waals surface area contributed by atoms with Gasteiger partial charge < -0.3 is 9.47 Å². The lowest BCUT2D eigenvalue weighted by atomic mass is 9.65. The SMILES string of the molecule is CCOC1CCC2CC(c3ccc(-c4ccc(OC)cc4F)c(F)c3)CCC2C1. The van der Waals surface area contributed by atoms with Crippen LogP contribution in [0.3, 0.4) is 0 Å². The van der Waals surface area contributed by atoms with E-state index in [-0.39, 0.29) is 11.4 Å². The molecule has 2 fully saturated rings. The molecule has 0 heterocycles. The van der Waals surface area contributed by atoms with Crippen LogP contribution < -0.4 is 4.74 Å². The van der Waals surface area contributed by atoms with Gasteiger partial charge in [-0.1, -0.05) is 12.1 Å². The normalized spacial score (nSPS) is 26.8. The molecule has 4 heteroatoms. The van der Waals surface area contributed by atoms with Crippen LogP contribution in [0.4, 0.5) is 8.78 Å². The number of fused-ring (bicyclic) bond motifs is 1. The van der Waals surface area contributed by atoms with Gasteiger partial charge >= 0.3 is 0 Å². The summed E-state index contributed by atoms with van der Waals surface area (Å²) < 4.78 is 40.2. The molecular formula is C25H30F2O2. The highest BCUT2D eigenvalue weighted by Gasteiger charge is 2.36. The first kappa shape index (κ1) is 20.3. The van der Waals surface area contributed by atoms with E-state index in [1.54, 1.807) is 24.3 Å². The first-order chi connectivity index (χ1) is 14.1. The molecule has 4 unspecified atom stereocenters. The minimum atomic E-state index is -0.470. The van der Waals surface area contributed by atoms with Gasteiger partial charge in [0.15, 0.2) is 0 Å². The van der Waals surface area contributed by atoms with Crippen LogP contribution in [-0.2, 0) is 4.74 Å². The van der Waals surface area contributed by atoms with E-state index in [9.17, 15) is 8.78 Å². The van der Waals surface area contributed by atoms with Crippen molar-refractivity contribution in [3.05, 3.63) is 53.6 Å². The van der Waals surface area contributed by atoms with Crippen molar-refractivity contribution < 1.29 is 18.3 Å². The first-order valence-electron chi connectivity index (χ1n) is 10.8. The average molecular weight is 401 g/mol. The molecule has 2 aromatic rings. The number of halogens is 2. The molecule has 2 nitrogen and oxygen atoms in total. The predicted molar refractivity (Wildman–Crippen MR) is 111 cm³/mol. The highest BCUT2D eigenvalue weighted by atomic mass is 19.1. The molecule has 2 saturated carbocycles. The van der Waals surface area contributed by atoms with Gasteiger partial charge in [-0.05, 0) is 87.0 Å². The molecule has 2 aliphatic carbocycles. The minimum Gasteiger partial charge on any atom is -0.497 e. The van der Waals surface area contributed by atoms with E-state index in [4.69, 9.17) is 9.47 Å². The second kappa shape index (κ2) is 8.83. The van der Waals surface area contributed by atoms with E-state index in [0.717, 1.165) is 37.4 Å². The molecule has 0 aliphatic heterocycles. The van der Waals surface area contributed by atoms with Crippen LogP contribution >= 0.6 is 0 Å². The number of hydrogen-bond donors (Lipinski definition) is 0. The molecule has 29 heavy (non-hydrogen) atoms. The molecule has 2 aliphatic rings. The number of hydrogen-bond acceptors (Lipinski definition) is 2. The van der Waals surface area contributed by atoms with E-state index in [2.05, 4.69) is 6.92 Å². The Balaban J connectivity index is 1.48. The smallest absolute Gasteiger partial charge is 0.134 e. The summed E-state index contributed by atoms with van der Waals surface area (Å²) in [6, 6.07) is 9.87. The molecule has 0 N–H and O–H groups in total. The fourth-order valence-corrected chi connectivity index (χ4v) is 5.38. The Morgan fingerprint density at radius 3 is 2.24 bits per heavy atom. The van der Waals surface area contributed by atoms with Gasteiger partial charge in [0, 0.05) is 23.8 Å². The molecular weight excluding hydrogens is 370 g/mol. The summed E-state index contributed by atoms with van der Waals surface area (Å²) in [5, 5.41) is 0. The summed E-state index contributed by atoms with van der Waals surface area (Å²) in [6.07, 6.45) is 7.36. The van der Waals surface area contributed by atoms with Crippen LogP contribution in [0.15, 0.2) is 36.4 Å². The Labute approximate surface area is 172 Å². The van der Waals surface area contributed by atoms with E-state index in [1.807, 2.05) is 6.07 Å². The average Bonchev–Trinajstić information content (AvgIpc) is 2.74. The van der Waals surface area contributed by atoms with Gasteiger partial charge in [0.2, 0.25) is 0 Å². The zero-order chi connectivity index (χ0) is 20.4. The zero-order valence-electron chi connectivity index (χ0n) is 17.3. The van der Waals surface area contributed by atoms with Crippen molar-refractivity contribution in [2.75, 3.05) is 13.7 Å². The third kappa shape index (κ3) is 4.32. The third-order valence-corrected chi connectivity index (χ3v) is 6.90. The number of benzene rings is 2. The number of methoxy groups -OCH3 is 1. The summed E-state index contributed by atoms with van der Waals surface area (Å²) in [5.74, 6) is 1.46. The quantitative estimate of drug-likeness (QED) is 0.554. The van der Waals surface area contributed by atoms with Crippen LogP contribution in [0.25, 0.3) is 11.1 Å². The molecule has 2 aromatic carbocycles. The maximum absolute atomic E-state index is 14.9. The van der Waals surface area contributed by atoms with Crippen LogP contribution in [0.5, 0.6) is 5.75 Å². The topological polar surface area (TPSA) is 18.5 Å². The molecule has 0 spiro atoms. The standard InChI is InChI=1S/C25H30F2O2/c1-3-29-21-8-6-17-12-16(4-5-18(17)13-21)19-7-10-22(24(26)14-19)23-11-9-20(28-2)15-25(23)27/h7,9-11,14-18,21H,3-6,8,12-13H2,1-2H3. The molecule has 0 aromatic heterocycles. The fourth-order valence-electron chi connectivity index (χ4n) is 5.38. The van der Waals surface area contributed by atoms with E-state index >= 15 is 0 Å². The van der Waals surface area contributed by atoms with Crippen molar-refractivity contribution in [3.63, 3.8) is 0 Å². The molecule has 0 radical (unpaired) electrons. The lowest BCUT2D eigenvalue weighted by molar-refractivity contribution is -0.00956. The summed E-state index contributed by atoms with van der Waals surface area (Å²) in [4.78, 5) is 0. The van der Waals surface area contributed by atoms with Gasteiger partial charge in [0.25, 0.3) is 0 Å². The number of rotatable bonds is 5. The lowest BCUT2D eigenvalue weighted by Gasteiger charge is -2.42. The van der Waals surface area contributed by atoms with E-state index < -0.39 is 5.82 Å². The van der Waals surface area contributed by atoms with Crippen LogP contribution in [-0.4, -0.2) is 19.8 Å². The van der Waals surface area contributed by atoms with Crippen molar-refractivity contribution >= 4 is 0 Å². The first-order valence-corrected chi connectivity index (χ1v) is 10.8. The molecule has 4 atom stereocenters. The van der Waals surface area contributed by atoms with Crippen molar-refractivity contribution in [2.45, 2.75) is 57.5 Å². The monoisotopic (exact) mass is 400 g/mol. The maximum atomic E-state index is 14.9. The van der Waals surface area contributed by atoms with Crippen molar-refractivity contribution in [2.24, 2.45) is 11.8 Å².